The number of benzene rings is 2. The van der Waals surface area contributed by atoms with Gasteiger partial charge in [-0.2, -0.15) is 0 Å². The lowest BCUT2D eigenvalue weighted by Crippen LogP contribution is -2.45. The molecule has 2 aromatic carbocycles. The summed E-state index contributed by atoms with van der Waals surface area (Å²) >= 11 is 0. The SMILES string of the molecule is O=C(OCc1ccccc1)N1CCC(O[C@H]2CC[C@H](N3C(=O)c4ccccc4C3=O)CC2)CC1. The van der Waals surface area contributed by atoms with Crippen LogP contribution in [0.25, 0.3) is 0 Å². The first kappa shape index (κ1) is 22.6. The number of hydrogen-bond donors (Lipinski definition) is 0. The lowest BCUT2D eigenvalue weighted by molar-refractivity contribution is -0.0606. The molecule has 2 aliphatic heterocycles. The van der Waals surface area contributed by atoms with Crippen LogP contribution in [0.3, 0.4) is 0 Å². The molecule has 0 atom stereocenters. The first-order chi connectivity index (χ1) is 16.6. The molecule has 5 rings (SSSR count). The number of fused-ring (bicyclic) bond motifs is 1. The number of ether oxygens (including phenoxy) is 2. The summed E-state index contributed by atoms with van der Waals surface area (Å²) < 4.78 is 11.8. The highest BCUT2D eigenvalue weighted by molar-refractivity contribution is 6.21. The molecule has 178 valence electrons. The number of carbonyl (C=O) groups excluding carboxylic acids is 3. The van der Waals surface area contributed by atoms with Crippen LogP contribution in [-0.2, 0) is 16.1 Å². The van der Waals surface area contributed by atoms with Gasteiger partial charge >= 0.3 is 6.09 Å². The number of rotatable bonds is 5. The fourth-order valence-electron chi connectivity index (χ4n) is 5.24. The monoisotopic (exact) mass is 462 g/mol. The number of hydrogen-bond acceptors (Lipinski definition) is 5. The van der Waals surface area contributed by atoms with Crippen LogP contribution in [-0.4, -0.2) is 59.0 Å². The van der Waals surface area contributed by atoms with Crippen LogP contribution < -0.4 is 0 Å². The van der Waals surface area contributed by atoms with Gasteiger partial charge in [0.05, 0.1) is 23.3 Å². The van der Waals surface area contributed by atoms with E-state index in [2.05, 4.69) is 0 Å². The molecule has 0 spiro atoms. The van der Waals surface area contributed by atoms with Crippen molar-refractivity contribution in [1.82, 2.24) is 9.80 Å². The van der Waals surface area contributed by atoms with Crippen LogP contribution in [0, 0.1) is 0 Å². The Kier molecular flexibility index (Phi) is 6.63. The van der Waals surface area contributed by atoms with E-state index >= 15 is 0 Å². The number of amides is 3. The zero-order chi connectivity index (χ0) is 23.5. The van der Waals surface area contributed by atoms with Crippen molar-refractivity contribution < 1.29 is 23.9 Å². The van der Waals surface area contributed by atoms with Crippen molar-refractivity contribution >= 4 is 17.9 Å². The first-order valence-electron chi connectivity index (χ1n) is 12.2. The maximum absolute atomic E-state index is 12.7. The molecular formula is C27H30N2O5. The van der Waals surface area contributed by atoms with Gasteiger partial charge in [0.2, 0.25) is 0 Å². The van der Waals surface area contributed by atoms with Crippen LogP contribution in [0.1, 0.15) is 64.8 Å². The third kappa shape index (κ3) is 4.71. The van der Waals surface area contributed by atoms with Gasteiger partial charge in [0.15, 0.2) is 0 Å². The molecule has 3 aliphatic rings. The van der Waals surface area contributed by atoms with Gasteiger partial charge < -0.3 is 14.4 Å². The topological polar surface area (TPSA) is 76.2 Å². The highest BCUT2D eigenvalue weighted by Crippen LogP contribution is 2.33. The van der Waals surface area contributed by atoms with Gasteiger partial charge in [-0.1, -0.05) is 42.5 Å². The molecule has 0 bridgehead atoms. The van der Waals surface area contributed by atoms with E-state index in [1.54, 1.807) is 29.2 Å². The van der Waals surface area contributed by atoms with Crippen LogP contribution in [0.2, 0.25) is 0 Å². The van der Waals surface area contributed by atoms with E-state index in [1.807, 2.05) is 30.3 Å². The minimum atomic E-state index is -0.274. The van der Waals surface area contributed by atoms with Gasteiger partial charge in [-0.25, -0.2) is 4.79 Å². The summed E-state index contributed by atoms with van der Waals surface area (Å²) in [6.45, 7) is 1.54. The Morgan fingerprint density at radius 1 is 0.765 bits per heavy atom. The fourth-order valence-corrected chi connectivity index (χ4v) is 5.24. The van der Waals surface area contributed by atoms with Crippen LogP contribution in [0.15, 0.2) is 54.6 Å². The number of piperidine rings is 1. The molecule has 34 heavy (non-hydrogen) atoms. The molecule has 7 nitrogen and oxygen atoms in total. The Morgan fingerprint density at radius 3 is 1.94 bits per heavy atom. The Morgan fingerprint density at radius 2 is 1.32 bits per heavy atom. The van der Waals surface area contributed by atoms with Gasteiger partial charge in [-0.05, 0) is 56.2 Å². The van der Waals surface area contributed by atoms with Crippen LogP contribution in [0.5, 0.6) is 0 Å². The predicted octanol–water partition coefficient (Wildman–Crippen LogP) is 4.41. The smallest absolute Gasteiger partial charge is 0.410 e. The van der Waals surface area contributed by atoms with E-state index in [-0.39, 0.29) is 42.8 Å². The summed E-state index contributed by atoms with van der Waals surface area (Å²) in [4.78, 5) is 41.1. The van der Waals surface area contributed by atoms with Crippen molar-refractivity contribution in [2.45, 2.75) is 63.4 Å². The van der Waals surface area contributed by atoms with Crippen molar-refractivity contribution in [3.63, 3.8) is 0 Å². The molecule has 2 heterocycles. The van der Waals surface area contributed by atoms with E-state index in [0.29, 0.717) is 24.2 Å². The number of likely N-dealkylation sites (tertiary alicyclic amines) is 1. The minimum Gasteiger partial charge on any atom is -0.445 e. The van der Waals surface area contributed by atoms with Gasteiger partial charge in [-0.15, -0.1) is 0 Å². The van der Waals surface area contributed by atoms with Gasteiger partial charge in [0.1, 0.15) is 6.61 Å². The number of carbonyl (C=O) groups is 3. The van der Waals surface area contributed by atoms with Crippen molar-refractivity contribution in [2.75, 3.05) is 13.1 Å². The minimum absolute atomic E-state index is 0.0616. The standard InChI is InChI=1S/C27H30N2O5/c30-25-23-8-4-5-9-24(23)26(31)29(25)20-10-12-21(13-11-20)34-22-14-16-28(17-15-22)27(32)33-18-19-6-2-1-3-7-19/h1-9,20-22H,10-18H2/t20-,21-. The van der Waals surface area contributed by atoms with Crippen molar-refractivity contribution in [3.8, 4) is 0 Å². The van der Waals surface area contributed by atoms with Gasteiger partial charge in [-0.3, -0.25) is 14.5 Å². The molecule has 0 aromatic heterocycles. The molecule has 2 aromatic rings. The molecule has 1 aliphatic carbocycles. The van der Waals surface area contributed by atoms with E-state index in [4.69, 9.17) is 9.47 Å². The largest absolute Gasteiger partial charge is 0.445 e. The predicted molar refractivity (Wildman–Crippen MR) is 125 cm³/mol. The molecule has 1 saturated carbocycles. The molecule has 0 N–H and O–H groups in total. The van der Waals surface area contributed by atoms with Crippen molar-refractivity contribution in [3.05, 3.63) is 71.3 Å². The maximum Gasteiger partial charge on any atom is 0.410 e. The summed E-state index contributed by atoms with van der Waals surface area (Å²) in [5.74, 6) is -0.340. The summed E-state index contributed by atoms with van der Waals surface area (Å²) in [5, 5.41) is 0. The third-order valence-corrected chi connectivity index (χ3v) is 7.12. The number of nitrogens with zero attached hydrogens (tertiary/aromatic N) is 2. The summed E-state index contributed by atoms with van der Waals surface area (Å²) in [6.07, 6.45) is 4.75. The van der Waals surface area contributed by atoms with Crippen molar-refractivity contribution in [2.24, 2.45) is 0 Å². The second-order valence-corrected chi connectivity index (χ2v) is 9.32. The van der Waals surface area contributed by atoms with Crippen LogP contribution >= 0.6 is 0 Å². The highest BCUT2D eigenvalue weighted by Gasteiger charge is 2.41. The van der Waals surface area contributed by atoms with E-state index in [0.717, 1.165) is 44.1 Å². The van der Waals surface area contributed by atoms with Gasteiger partial charge in [0.25, 0.3) is 11.8 Å². The molecular weight excluding hydrogens is 432 g/mol. The molecule has 0 radical (unpaired) electrons. The van der Waals surface area contributed by atoms with E-state index in [1.165, 1.54) is 4.90 Å². The first-order valence-corrected chi connectivity index (χ1v) is 12.2. The van der Waals surface area contributed by atoms with Gasteiger partial charge in [0, 0.05) is 19.1 Å². The quantitative estimate of drug-likeness (QED) is 0.615. The lowest BCUT2D eigenvalue weighted by Gasteiger charge is -2.37. The number of imide groups is 1. The maximum atomic E-state index is 12.7. The summed E-state index contributed by atoms with van der Waals surface area (Å²) in [5.41, 5.74) is 2.01. The Labute approximate surface area is 199 Å². The Bertz CT molecular complexity index is 1000. The molecule has 3 amide bonds. The second-order valence-electron chi connectivity index (χ2n) is 9.32. The lowest BCUT2D eigenvalue weighted by atomic mass is 9.91. The van der Waals surface area contributed by atoms with E-state index in [9.17, 15) is 14.4 Å². The zero-order valence-corrected chi connectivity index (χ0v) is 19.2. The average Bonchev–Trinajstić information content (AvgIpc) is 3.14. The average molecular weight is 463 g/mol. The molecule has 7 heteroatoms. The summed E-state index contributed by atoms with van der Waals surface area (Å²) in [6, 6.07) is 16.7. The highest BCUT2D eigenvalue weighted by atomic mass is 16.6. The normalized spacial score (nSPS) is 23.2. The zero-order valence-electron chi connectivity index (χ0n) is 19.2. The van der Waals surface area contributed by atoms with Crippen molar-refractivity contribution in [1.29, 1.82) is 0 Å². The fraction of sp³-hybridized carbons (Fsp3) is 0.444. The molecule has 2 fully saturated rings. The Balaban J connectivity index is 1.05. The summed E-state index contributed by atoms with van der Waals surface area (Å²) in [7, 11) is 0. The molecule has 1 saturated heterocycles. The molecule has 0 unspecified atom stereocenters. The third-order valence-electron chi connectivity index (χ3n) is 7.12. The second kappa shape index (κ2) is 9.97. The Hall–Kier alpha value is -3.19. The van der Waals surface area contributed by atoms with Crippen LogP contribution in [0.4, 0.5) is 4.79 Å². The van der Waals surface area contributed by atoms with E-state index < -0.39 is 0 Å².